The van der Waals surface area contributed by atoms with Gasteiger partial charge in [-0.1, -0.05) is 24.3 Å². The molecule has 26 heavy (non-hydrogen) atoms. The smallest absolute Gasteiger partial charge is 0.134 e. The molecule has 0 spiro atoms. The fourth-order valence-corrected chi connectivity index (χ4v) is 3.28. The summed E-state index contributed by atoms with van der Waals surface area (Å²) in [4.78, 5) is 6.67. The third kappa shape index (κ3) is 3.93. The van der Waals surface area contributed by atoms with Crippen LogP contribution in [0.1, 0.15) is 10.6 Å². The Hall–Kier alpha value is -3.10. The van der Waals surface area contributed by atoms with Gasteiger partial charge >= 0.3 is 0 Å². The maximum absolute atomic E-state index is 9.57. The van der Waals surface area contributed by atoms with Crippen LogP contribution in [0.4, 0.5) is 5.69 Å². The van der Waals surface area contributed by atoms with E-state index in [1.165, 1.54) is 11.3 Å². The Morgan fingerprint density at radius 1 is 1.19 bits per heavy atom. The van der Waals surface area contributed by atoms with E-state index in [0.717, 1.165) is 28.3 Å². The molecule has 0 bridgehead atoms. The van der Waals surface area contributed by atoms with Gasteiger partial charge in [0, 0.05) is 30.7 Å². The summed E-state index contributed by atoms with van der Waals surface area (Å²) in [5.74, 6) is 0.786. The predicted molar refractivity (Wildman–Crippen MR) is 108 cm³/mol. The van der Waals surface area contributed by atoms with Crippen LogP contribution in [-0.4, -0.2) is 26.2 Å². The van der Waals surface area contributed by atoms with Crippen molar-refractivity contribution in [2.24, 2.45) is 0 Å². The lowest BCUT2D eigenvalue weighted by Gasteiger charge is -2.11. The molecule has 1 aromatic heterocycles. The maximum atomic E-state index is 9.57. The molecule has 4 nitrogen and oxygen atoms in total. The molecular weight excluding hydrogens is 342 g/mol. The molecule has 2 aromatic carbocycles. The highest BCUT2D eigenvalue weighted by Crippen LogP contribution is 2.29. The number of benzene rings is 2. The van der Waals surface area contributed by atoms with Crippen molar-refractivity contribution < 1.29 is 4.74 Å². The number of methoxy groups -OCH3 is 1. The van der Waals surface area contributed by atoms with Gasteiger partial charge in [-0.05, 0) is 35.9 Å². The summed E-state index contributed by atoms with van der Waals surface area (Å²) in [5.41, 5.74) is 4.47. The van der Waals surface area contributed by atoms with Gasteiger partial charge in [-0.2, -0.15) is 5.26 Å². The first-order chi connectivity index (χ1) is 12.6. The normalized spacial score (nSPS) is 11.1. The number of ether oxygens (including phenoxy) is 1. The number of nitriles is 1. The topological polar surface area (TPSA) is 49.1 Å². The second-order valence-electron chi connectivity index (χ2n) is 5.93. The molecule has 0 aliphatic rings. The van der Waals surface area contributed by atoms with E-state index >= 15 is 0 Å². The summed E-state index contributed by atoms with van der Waals surface area (Å²) < 4.78 is 5.27. The number of hydrogen-bond acceptors (Lipinski definition) is 5. The number of rotatable bonds is 5. The van der Waals surface area contributed by atoms with Gasteiger partial charge < -0.3 is 9.64 Å². The van der Waals surface area contributed by atoms with Crippen molar-refractivity contribution in [3.8, 4) is 23.1 Å². The third-order valence-electron chi connectivity index (χ3n) is 3.94. The zero-order valence-corrected chi connectivity index (χ0v) is 15.7. The standard InChI is InChI=1S/C21H19N3OS/c1-24(2)18-9-7-15(8-10-18)11-17(13-22)21-23-20(14-26-21)16-5-4-6-19(12-16)25-3/h4-12,14H,1-3H3/b17-11-. The Bertz CT molecular complexity index is 965. The van der Waals surface area contributed by atoms with Crippen LogP contribution in [0.25, 0.3) is 22.9 Å². The molecule has 0 atom stereocenters. The van der Waals surface area contributed by atoms with Crippen LogP contribution in [0.15, 0.2) is 53.9 Å². The first kappa shape index (κ1) is 17.7. The molecule has 0 aliphatic carbocycles. The highest BCUT2D eigenvalue weighted by molar-refractivity contribution is 7.11. The second-order valence-corrected chi connectivity index (χ2v) is 6.78. The minimum absolute atomic E-state index is 0.557. The van der Waals surface area contributed by atoms with Crippen LogP contribution in [-0.2, 0) is 0 Å². The Balaban J connectivity index is 1.89. The zero-order valence-electron chi connectivity index (χ0n) is 14.9. The highest BCUT2D eigenvalue weighted by Gasteiger charge is 2.10. The van der Waals surface area contributed by atoms with E-state index in [9.17, 15) is 5.26 Å². The minimum Gasteiger partial charge on any atom is -0.497 e. The quantitative estimate of drug-likeness (QED) is 0.603. The minimum atomic E-state index is 0.557. The van der Waals surface area contributed by atoms with Crippen LogP contribution in [0, 0.1) is 11.3 Å². The average Bonchev–Trinajstić information content (AvgIpc) is 3.16. The fraction of sp³-hybridized carbons (Fsp3) is 0.143. The van der Waals surface area contributed by atoms with Crippen molar-refractivity contribution in [1.82, 2.24) is 4.98 Å². The van der Waals surface area contributed by atoms with Gasteiger partial charge in [0.2, 0.25) is 0 Å². The number of anilines is 1. The number of thiazole rings is 1. The van der Waals surface area contributed by atoms with Crippen molar-refractivity contribution in [1.29, 1.82) is 5.26 Å². The van der Waals surface area contributed by atoms with Crippen molar-refractivity contribution in [3.05, 3.63) is 64.5 Å². The Morgan fingerprint density at radius 2 is 1.96 bits per heavy atom. The number of aromatic nitrogens is 1. The Kier molecular flexibility index (Phi) is 5.35. The summed E-state index contributed by atoms with van der Waals surface area (Å²) in [7, 11) is 5.64. The third-order valence-corrected chi connectivity index (χ3v) is 4.82. The molecule has 5 heteroatoms. The second kappa shape index (κ2) is 7.85. The molecule has 0 aliphatic heterocycles. The van der Waals surface area contributed by atoms with Crippen LogP contribution in [0.5, 0.6) is 5.75 Å². The number of nitrogens with zero attached hydrogens (tertiary/aromatic N) is 3. The van der Waals surface area contributed by atoms with E-state index in [2.05, 4.69) is 11.1 Å². The van der Waals surface area contributed by atoms with Crippen LogP contribution < -0.4 is 9.64 Å². The van der Waals surface area contributed by atoms with E-state index < -0.39 is 0 Å². The van der Waals surface area contributed by atoms with Crippen molar-refractivity contribution in [2.75, 3.05) is 26.1 Å². The molecule has 0 N–H and O–H groups in total. The van der Waals surface area contributed by atoms with Gasteiger partial charge in [0.1, 0.15) is 16.8 Å². The van der Waals surface area contributed by atoms with Crippen molar-refractivity contribution in [3.63, 3.8) is 0 Å². The molecule has 0 unspecified atom stereocenters. The van der Waals surface area contributed by atoms with Gasteiger partial charge in [-0.25, -0.2) is 4.98 Å². The van der Waals surface area contributed by atoms with Gasteiger partial charge in [0.05, 0.1) is 18.4 Å². The van der Waals surface area contributed by atoms with Gasteiger partial charge in [0.25, 0.3) is 0 Å². The molecule has 3 rings (SSSR count). The van der Waals surface area contributed by atoms with Crippen molar-refractivity contribution >= 4 is 28.7 Å². The summed E-state index contributed by atoms with van der Waals surface area (Å²) in [5, 5.41) is 12.2. The summed E-state index contributed by atoms with van der Waals surface area (Å²) in [6, 6.07) is 18.1. The monoisotopic (exact) mass is 361 g/mol. The summed E-state index contributed by atoms with van der Waals surface area (Å²) in [6.45, 7) is 0. The summed E-state index contributed by atoms with van der Waals surface area (Å²) in [6.07, 6.45) is 1.87. The first-order valence-corrected chi connectivity index (χ1v) is 8.98. The number of allylic oxidation sites excluding steroid dienone is 1. The fourth-order valence-electron chi connectivity index (χ4n) is 2.49. The van der Waals surface area contributed by atoms with E-state index in [-0.39, 0.29) is 0 Å². The molecule has 0 saturated heterocycles. The van der Waals surface area contributed by atoms with Crippen LogP contribution in [0.2, 0.25) is 0 Å². The molecule has 0 fully saturated rings. The zero-order chi connectivity index (χ0) is 18.5. The molecular formula is C21H19N3OS. The van der Waals surface area contributed by atoms with Crippen LogP contribution >= 0.6 is 11.3 Å². The van der Waals surface area contributed by atoms with Gasteiger partial charge in [-0.3, -0.25) is 0 Å². The van der Waals surface area contributed by atoms with E-state index in [4.69, 9.17) is 4.74 Å². The molecule has 0 saturated carbocycles. The van der Waals surface area contributed by atoms with E-state index in [1.54, 1.807) is 7.11 Å². The first-order valence-electron chi connectivity index (χ1n) is 8.10. The molecule has 130 valence electrons. The number of hydrogen-bond donors (Lipinski definition) is 0. The molecule has 1 heterocycles. The van der Waals surface area contributed by atoms with Crippen molar-refractivity contribution in [2.45, 2.75) is 0 Å². The molecule has 3 aromatic rings. The maximum Gasteiger partial charge on any atom is 0.134 e. The highest BCUT2D eigenvalue weighted by atomic mass is 32.1. The Labute approximate surface area is 157 Å². The molecule has 0 amide bonds. The average molecular weight is 361 g/mol. The lowest BCUT2D eigenvalue weighted by Crippen LogP contribution is -2.07. The Morgan fingerprint density at radius 3 is 2.62 bits per heavy atom. The summed E-state index contributed by atoms with van der Waals surface area (Å²) >= 11 is 1.47. The SMILES string of the molecule is COc1cccc(-c2csc(/C(C#N)=C\c3ccc(N(C)C)cc3)n2)c1. The lowest BCUT2D eigenvalue weighted by atomic mass is 10.1. The van der Waals surface area contributed by atoms with Crippen LogP contribution in [0.3, 0.4) is 0 Å². The largest absolute Gasteiger partial charge is 0.497 e. The van der Waals surface area contributed by atoms with Gasteiger partial charge in [-0.15, -0.1) is 11.3 Å². The predicted octanol–water partition coefficient (Wildman–Crippen LogP) is 4.95. The lowest BCUT2D eigenvalue weighted by molar-refractivity contribution is 0.415. The van der Waals surface area contributed by atoms with E-state index in [1.807, 2.05) is 79.0 Å². The molecule has 0 radical (unpaired) electrons. The van der Waals surface area contributed by atoms with E-state index in [0.29, 0.717) is 10.6 Å². The van der Waals surface area contributed by atoms with Gasteiger partial charge in [0.15, 0.2) is 0 Å².